The fourth-order valence-electron chi connectivity index (χ4n) is 3.00. The van der Waals surface area contributed by atoms with Crippen LogP contribution >= 0.6 is 11.3 Å². The number of anilines is 3. The average Bonchev–Trinajstić information content (AvgIpc) is 3.37. The first kappa shape index (κ1) is 19.6. The number of aromatic nitrogens is 1. The van der Waals surface area contributed by atoms with Crippen molar-refractivity contribution in [3.8, 4) is 0 Å². The second-order valence-electron chi connectivity index (χ2n) is 6.57. The molecule has 2 aromatic heterocycles. The number of pyridine rings is 1. The number of nitrogens with zero attached hydrogens (tertiary/aromatic N) is 2. The van der Waals surface area contributed by atoms with Crippen molar-refractivity contribution >= 4 is 46.2 Å². The number of hydrogen-bond donors (Lipinski definition) is 3. The van der Waals surface area contributed by atoms with Crippen molar-refractivity contribution in [1.29, 1.82) is 5.41 Å². The molecule has 1 saturated heterocycles. The number of amidine groups is 1. The number of ether oxygens (including phenoxy) is 1. The van der Waals surface area contributed by atoms with Crippen LogP contribution in [0.4, 0.5) is 17.1 Å². The van der Waals surface area contributed by atoms with E-state index in [4.69, 9.17) is 10.1 Å². The van der Waals surface area contributed by atoms with Gasteiger partial charge in [0.15, 0.2) is 5.69 Å². The summed E-state index contributed by atoms with van der Waals surface area (Å²) in [6.07, 6.45) is 1.50. The lowest BCUT2D eigenvalue weighted by molar-refractivity contribution is 0.102. The number of carbonyl (C=O) groups excluding carboxylic acids is 2. The summed E-state index contributed by atoms with van der Waals surface area (Å²) in [5, 5.41) is 13.3. The zero-order valence-electron chi connectivity index (χ0n) is 16.1. The van der Waals surface area contributed by atoms with Gasteiger partial charge in [0.1, 0.15) is 6.61 Å². The predicted octanol–water partition coefficient (Wildman–Crippen LogP) is 3.73. The Bertz CT molecular complexity index is 1110. The summed E-state index contributed by atoms with van der Waals surface area (Å²) >= 11 is 1.38. The van der Waals surface area contributed by atoms with Crippen LogP contribution in [0.2, 0.25) is 0 Å². The van der Waals surface area contributed by atoms with Gasteiger partial charge in [-0.15, -0.1) is 11.3 Å². The minimum absolute atomic E-state index is 0.113. The molecule has 0 aliphatic carbocycles. The maximum absolute atomic E-state index is 12.8. The number of hydrogen-bond acceptors (Lipinski definition) is 6. The van der Waals surface area contributed by atoms with Crippen LogP contribution in [0, 0.1) is 12.3 Å². The Labute approximate surface area is 177 Å². The van der Waals surface area contributed by atoms with E-state index in [2.05, 4.69) is 15.6 Å². The van der Waals surface area contributed by atoms with Gasteiger partial charge >= 0.3 is 0 Å². The minimum Gasteiger partial charge on any atom is -0.463 e. The van der Waals surface area contributed by atoms with Crippen LogP contribution in [-0.2, 0) is 4.74 Å². The van der Waals surface area contributed by atoms with E-state index >= 15 is 0 Å². The number of aryl methyl sites for hydroxylation is 1. The molecule has 8 nitrogen and oxygen atoms in total. The van der Waals surface area contributed by atoms with Crippen molar-refractivity contribution in [3.63, 3.8) is 0 Å². The van der Waals surface area contributed by atoms with E-state index < -0.39 is 5.91 Å². The molecule has 0 spiro atoms. The van der Waals surface area contributed by atoms with Crippen LogP contribution in [-0.4, -0.2) is 36.0 Å². The van der Waals surface area contributed by atoms with Crippen molar-refractivity contribution < 1.29 is 14.3 Å². The second kappa shape index (κ2) is 8.34. The molecule has 0 radical (unpaired) electrons. The highest BCUT2D eigenvalue weighted by Crippen LogP contribution is 2.22. The van der Waals surface area contributed by atoms with Gasteiger partial charge in [-0.2, -0.15) is 0 Å². The molecule has 1 aromatic carbocycles. The zero-order chi connectivity index (χ0) is 21.1. The summed E-state index contributed by atoms with van der Waals surface area (Å²) in [7, 11) is 0. The molecule has 30 heavy (non-hydrogen) atoms. The van der Waals surface area contributed by atoms with Gasteiger partial charge in [-0.1, -0.05) is 0 Å². The van der Waals surface area contributed by atoms with Gasteiger partial charge in [-0.3, -0.25) is 19.9 Å². The van der Waals surface area contributed by atoms with E-state index in [1.165, 1.54) is 17.5 Å². The van der Waals surface area contributed by atoms with Gasteiger partial charge in [0, 0.05) is 22.4 Å². The summed E-state index contributed by atoms with van der Waals surface area (Å²) in [6.45, 7) is 3.02. The molecule has 152 valence electrons. The van der Waals surface area contributed by atoms with Gasteiger partial charge in [0.2, 0.25) is 0 Å². The third kappa shape index (κ3) is 4.15. The molecule has 9 heteroatoms. The third-order valence-corrected chi connectivity index (χ3v) is 5.47. The number of thiophene rings is 1. The minimum atomic E-state index is -0.432. The number of carbonyl (C=O) groups is 2. The molecule has 3 aromatic rings. The maximum Gasteiger partial charge on any atom is 0.289 e. The highest BCUT2D eigenvalue weighted by Gasteiger charge is 2.20. The Morgan fingerprint density at radius 3 is 2.57 bits per heavy atom. The largest absolute Gasteiger partial charge is 0.463 e. The zero-order valence-corrected chi connectivity index (χ0v) is 17.0. The average molecular weight is 421 g/mol. The van der Waals surface area contributed by atoms with Gasteiger partial charge in [0.05, 0.1) is 17.1 Å². The van der Waals surface area contributed by atoms with Crippen molar-refractivity contribution in [2.45, 2.75) is 6.92 Å². The van der Waals surface area contributed by atoms with Gasteiger partial charge in [-0.05, 0) is 55.5 Å². The summed E-state index contributed by atoms with van der Waals surface area (Å²) in [4.78, 5) is 32.7. The number of benzene rings is 1. The summed E-state index contributed by atoms with van der Waals surface area (Å²) in [5.74, 6) is -0.715. The Morgan fingerprint density at radius 2 is 1.90 bits per heavy atom. The molecule has 1 aliphatic rings. The molecule has 1 fully saturated rings. The molecule has 3 heterocycles. The normalized spacial score (nSPS) is 13.1. The predicted molar refractivity (Wildman–Crippen MR) is 117 cm³/mol. The van der Waals surface area contributed by atoms with Gasteiger partial charge < -0.3 is 15.4 Å². The van der Waals surface area contributed by atoms with Crippen molar-refractivity contribution in [2.24, 2.45) is 0 Å². The number of nitrogens with one attached hydrogen (secondary N) is 3. The fourth-order valence-corrected chi connectivity index (χ4v) is 3.76. The van der Waals surface area contributed by atoms with Crippen LogP contribution in [0.1, 0.15) is 25.0 Å². The summed E-state index contributed by atoms with van der Waals surface area (Å²) in [6, 6.07) is 14.1. The maximum atomic E-state index is 12.8. The molecular weight excluding hydrogens is 402 g/mol. The number of rotatable bonds is 5. The van der Waals surface area contributed by atoms with Crippen LogP contribution in [0.5, 0.6) is 0 Å². The molecule has 0 bridgehead atoms. The lowest BCUT2D eigenvalue weighted by atomic mass is 10.2. The monoisotopic (exact) mass is 421 g/mol. The summed E-state index contributed by atoms with van der Waals surface area (Å²) < 4.78 is 5.15. The number of amides is 2. The highest BCUT2D eigenvalue weighted by molar-refractivity contribution is 7.14. The third-order valence-electron chi connectivity index (χ3n) is 4.47. The SMILES string of the molecule is Cc1ccc(C(=O)Nc2cccnc2C(=O)Nc2ccc(N3CCOC3=N)cc2)s1. The summed E-state index contributed by atoms with van der Waals surface area (Å²) in [5.41, 5.74) is 1.85. The van der Waals surface area contributed by atoms with E-state index in [9.17, 15) is 9.59 Å². The van der Waals surface area contributed by atoms with E-state index in [-0.39, 0.29) is 17.6 Å². The van der Waals surface area contributed by atoms with E-state index in [0.717, 1.165) is 10.6 Å². The molecule has 0 atom stereocenters. The smallest absolute Gasteiger partial charge is 0.289 e. The van der Waals surface area contributed by atoms with Crippen molar-refractivity contribution in [2.75, 3.05) is 28.7 Å². The Morgan fingerprint density at radius 1 is 1.10 bits per heavy atom. The highest BCUT2D eigenvalue weighted by atomic mass is 32.1. The first-order valence-electron chi connectivity index (χ1n) is 9.24. The topological polar surface area (TPSA) is 107 Å². The molecule has 4 rings (SSSR count). The van der Waals surface area contributed by atoms with Crippen LogP contribution in [0.15, 0.2) is 54.7 Å². The van der Waals surface area contributed by atoms with E-state index in [1.807, 2.05) is 13.0 Å². The van der Waals surface area contributed by atoms with Crippen molar-refractivity contribution in [1.82, 2.24) is 4.98 Å². The Kier molecular flexibility index (Phi) is 5.44. The molecule has 3 N–H and O–H groups in total. The van der Waals surface area contributed by atoms with E-state index in [1.54, 1.807) is 47.4 Å². The van der Waals surface area contributed by atoms with Gasteiger partial charge in [0.25, 0.3) is 17.8 Å². The molecular formula is C21H19N5O3S. The molecule has 1 aliphatic heterocycles. The van der Waals surface area contributed by atoms with Crippen LogP contribution in [0.3, 0.4) is 0 Å². The molecule has 0 unspecified atom stereocenters. The van der Waals surface area contributed by atoms with Gasteiger partial charge in [-0.25, -0.2) is 4.98 Å². The Hall–Kier alpha value is -3.72. The lowest BCUT2D eigenvalue weighted by Gasteiger charge is -2.15. The lowest BCUT2D eigenvalue weighted by Crippen LogP contribution is -2.24. The van der Waals surface area contributed by atoms with Crippen LogP contribution < -0.4 is 15.5 Å². The van der Waals surface area contributed by atoms with E-state index in [0.29, 0.717) is 29.4 Å². The van der Waals surface area contributed by atoms with Crippen molar-refractivity contribution in [3.05, 3.63) is 70.2 Å². The Balaban J connectivity index is 1.47. The molecule has 0 saturated carbocycles. The molecule has 2 amide bonds. The first-order valence-corrected chi connectivity index (χ1v) is 10.1. The quantitative estimate of drug-likeness (QED) is 0.582. The first-order chi connectivity index (χ1) is 14.5. The van der Waals surface area contributed by atoms with Crippen LogP contribution in [0.25, 0.3) is 0 Å². The fraction of sp³-hybridized carbons (Fsp3) is 0.143. The second-order valence-corrected chi connectivity index (χ2v) is 7.86. The standard InChI is InChI=1S/C21H19N5O3S/c1-13-4-9-17(30-13)19(27)25-16-3-2-10-23-18(16)20(28)24-14-5-7-15(8-6-14)26-11-12-29-21(26)22/h2-10,22H,11-12H2,1H3,(H,24,28)(H,25,27).